The van der Waals surface area contributed by atoms with Crippen LogP contribution >= 0.6 is 11.6 Å². The zero-order valence-electron chi connectivity index (χ0n) is 17.3. The number of hydrogen-bond donors (Lipinski definition) is 0. The molecule has 4 nitrogen and oxygen atoms in total. The SMILES string of the molecule is COc1ccccc1-n1nc2c(c1-c1ccc(Cl)cc1)C[C@H](OCC1CCCC1)C2. The molecule has 2 aliphatic carbocycles. The number of methoxy groups -OCH3 is 1. The fourth-order valence-electron chi connectivity index (χ4n) is 4.84. The van der Waals surface area contributed by atoms with Gasteiger partial charge in [0, 0.05) is 35.6 Å². The Labute approximate surface area is 182 Å². The van der Waals surface area contributed by atoms with Crippen LogP contribution in [0.4, 0.5) is 0 Å². The molecular formula is C25H27ClN2O2. The van der Waals surface area contributed by atoms with Crippen LogP contribution in [0.15, 0.2) is 48.5 Å². The molecular weight excluding hydrogens is 396 g/mol. The first-order chi connectivity index (χ1) is 14.7. The van der Waals surface area contributed by atoms with E-state index in [1.54, 1.807) is 7.11 Å². The highest BCUT2D eigenvalue weighted by molar-refractivity contribution is 6.30. The zero-order chi connectivity index (χ0) is 20.5. The van der Waals surface area contributed by atoms with Gasteiger partial charge in [0.25, 0.3) is 0 Å². The summed E-state index contributed by atoms with van der Waals surface area (Å²) in [4.78, 5) is 0. The van der Waals surface area contributed by atoms with Crippen LogP contribution in [-0.2, 0) is 17.6 Å². The minimum absolute atomic E-state index is 0.224. The van der Waals surface area contributed by atoms with Crippen LogP contribution in [-0.4, -0.2) is 29.6 Å². The summed E-state index contributed by atoms with van der Waals surface area (Å²) in [6, 6.07) is 16.0. The number of aromatic nitrogens is 2. The summed E-state index contributed by atoms with van der Waals surface area (Å²) in [6.07, 6.45) is 7.32. The van der Waals surface area contributed by atoms with Gasteiger partial charge in [0.1, 0.15) is 11.4 Å². The van der Waals surface area contributed by atoms with Gasteiger partial charge in [0.2, 0.25) is 0 Å². The first kappa shape index (κ1) is 19.7. The molecule has 2 aliphatic rings. The normalized spacial score (nSPS) is 18.7. The maximum Gasteiger partial charge on any atom is 0.144 e. The van der Waals surface area contributed by atoms with E-state index in [0.717, 1.165) is 58.8 Å². The Bertz CT molecular complexity index is 1020. The van der Waals surface area contributed by atoms with Crippen LogP contribution in [0.2, 0.25) is 5.02 Å². The van der Waals surface area contributed by atoms with E-state index in [0.29, 0.717) is 0 Å². The Balaban J connectivity index is 1.49. The average Bonchev–Trinajstić information content (AvgIpc) is 3.49. The highest BCUT2D eigenvalue weighted by Gasteiger charge is 2.32. The Kier molecular flexibility index (Phi) is 5.53. The molecule has 1 fully saturated rings. The Morgan fingerprint density at radius 1 is 1.03 bits per heavy atom. The van der Waals surface area contributed by atoms with Crippen LogP contribution in [0.3, 0.4) is 0 Å². The molecule has 1 saturated carbocycles. The maximum atomic E-state index is 6.33. The summed E-state index contributed by atoms with van der Waals surface area (Å²) < 4.78 is 14.0. The van der Waals surface area contributed by atoms with Crippen LogP contribution < -0.4 is 4.74 Å². The molecule has 0 N–H and O–H groups in total. The van der Waals surface area contributed by atoms with Crippen molar-refractivity contribution in [1.82, 2.24) is 9.78 Å². The highest BCUT2D eigenvalue weighted by atomic mass is 35.5. The fraction of sp³-hybridized carbons (Fsp3) is 0.400. The predicted octanol–water partition coefficient (Wildman–Crippen LogP) is 5.88. The van der Waals surface area contributed by atoms with E-state index in [-0.39, 0.29) is 6.10 Å². The molecule has 156 valence electrons. The Morgan fingerprint density at radius 2 is 1.80 bits per heavy atom. The summed E-state index contributed by atoms with van der Waals surface area (Å²) in [5.74, 6) is 1.55. The van der Waals surface area contributed by atoms with Gasteiger partial charge in [-0.05, 0) is 43.0 Å². The molecule has 0 unspecified atom stereocenters. The van der Waals surface area contributed by atoms with Gasteiger partial charge in [0.15, 0.2) is 0 Å². The standard InChI is InChI=1S/C25H27ClN2O2/c1-29-24-9-5-4-8-23(24)28-25(18-10-12-19(26)13-11-18)21-14-20(15-22(21)27-28)30-16-17-6-2-3-7-17/h4-5,8-13,17,20H,2-3,6-7,14-16H2,1H3/t20-/m0/s1. The zero-order valence-corrected chi connectivity index (χ0v) is 18.1. The van der Waals surface area contributed by atoms with Crippen molar-refractivity contribution in [1.29, 1.82) is 0 Å². The molecule has 0 aliphatic heterocycles. The van der Waals surface area contributed by atoms with Crippen LogP contribution in [0.5, 0.6) is 5.75 Å². The van der Waals surface area contributed by atoms with Gasteiger partial charge in [-0.3, -0.25) is 0 Å². The second-order valence-corrected chi connectivity index (χ2v) is 8.81. The van der Waals surface area contributed by atoms with Gasteiger partial charge >= 0.3 is 0 Å². The van der Waals surface area contributed by atoms with Crippen molar-refractivity contribution in [2.24, 2.45) is 5.92 Å². The molecule has 0 amide bonds. The second kappa shape index (κ2) is 8.44. The van der Waals surface area contributed by atoms with E-state index >= 15 is 0 Å². The van der Waals surface area contributed by atoms with Gasteiger partial charge in [-0.1, -0.05) is 48.7 Å². The molecule has 1 aromatic heterocycles. The number of rotatable bonds is 6. The van der Waals surface area contributed by atoms with Crippen LogP contribution in [0, 0.1) is 5.92 Å². The van der Waals surface area contributed by atoms with Crippen molar-refractivity contribution in [3.05, 3.63) is 64.8 Å². The number of para-hydroxylation sites is 2. The van der Waals surface area contributed by atoms with E-state index in [9.17, 15) is 0 Å². The van der Waals surface area contributed by atoms with Crippen LogP contribution in [0.25, 0.3) is 16.9 Å². The second-order valence-electron chi connectivity index (χ2n) is 8.38. The lowest BCUT2D eigenvalue weighted by Crippen LogP contribution is -2.18. The van der Waals surface area contributed by atoms with Crippen molar-refractivity contribution in [3.63, 3.8) is 0 Å². The molecule has 30 heavy (non-hydrogen) atoms. The first-order valence-corrected chi connectivity index (χ1v) is 11.2. The Hall–Kier alpha value is -2.30. The number of benzene rings is 2. The fourth-order valence-corrected chi connectivity index (χ4v) is 4.97. The van der Waals surface area contributed by atoms with E-state index in [4.69, 9.17) is 26.2 Å². The summed E-state index contributed by atoms with van der Waals surface area (Å²) >= 11 is 6.16. The van der Waals surface area contributed by atoms with Gasteiger partial charge in [-0.25, -0.2) is 4.68 Å². The van der Waals surface area contributed by atoms with Crippen LogP contribution in [0.1, 0.15) is 36.9 Å². The van der Waals surface area contributed by atoms with Crippen molar-refractivity contribution in [2.45, 2.75) is 44.6 Å². The van der Waals surface area contributed by atoms with Crippen molar-refractivity contribution < 1.29 is 9.47 Å². The number of nitrogens with zero attached hydrogens (tertiary/aromatic N) is 2. The highest BCUT2D eigenvalue weighted by Crippen LogP contribution is 2.38. The van der Waals surface area contributed by atoms with E-state index in [1.165, 1.54) is 31.2 Å². The van der Waals surface area contributed by atoms with E-state index < -0.39 is 0 Å². The number of ether oxygens (including phenoxy) is 2. The molecule has 3 aromatic rings. The third-order valence-electron chi connectivity index (χ3n) is 6.39. The minimum atomic E-state index is 0.224. The largest absolute Gasteiger partial charge is 0.494 e. The summed E-state index contributed by atoms with van der Waals surface area (Å²) in [5, 5.41) is 5.75. The predicted molar refractivity (Wildman–Crippen MR) is 120 cm³/mol. The summed E-state index contributed by atoms with van der Waals surface area (Å²) in [7, 11) is 1.70. The third kappa shape index (κ3) is 3.75. The number of halogens is 1. The molecule has 0 saturated heterocycles. The topological polar surface area (TPSA) is 36.3 Å². The third-order valence-corrected chi connectivity index (χ3v) is 6.64. The molecule has 5 heteroatoms. The lowest BCUT2D eigenvalue weighted by atomic mass is 10.1. The number of fused-ring (bicyclic) bond motifs is 1. The first-order valence-electron chi connectivity index (χ1n) is 10.8. The maximum absolute atomic E-state index is 6.33. The summed E-state index contributed by atoms with van der Waals surface area (Å²) in [5.41, 5.74) is 5.57. The molecule has 2 aromatic carbocycles. The average molecular weight is 423 g/mol. The van der Waals surface area contributed by atoms with Crippen molar-refractivity contribution >= 4 is 11.6 Å². The lowest BCUT2D eigenvalue weighted by molar-refractivity contribution is 0.0363. The number of hydrogen-bond acceptors (Lipinski definition) is 3. The molecule has 0 spiro atoms. The molecule has 0 radical (unpaired) electrons. The molecule has 1 heterocycles. The molecule has 0 bridgehead atoms. The van der Waals surface area contributed by atoms with Gasteiger partial charge in [0.05, 0.1) is 24.6 Å². The minimum Gasteiger partial charge on any atom is -0.494 e. The van der Waals surface area contributed by atoms with Gasteiger partial charge in [-0.15, -0.1) is 0 Å². The Morgan fingerprint density at radius 3 is 2.57 bits per heavy atom. The monoisotopic (exact) mass is 422 g/mol. The van der Waals surface area contributed by atoms with Crippen molar-refractivity contribution in [2.75, 3.05) is 13.7 Å². The van der Waals surface area contributed by atoms with Crippen molar-refractivity contribution in [3.8, 4) is 22.7 Å². The van der Waals surface area contributed by atoms with Gasteiger partial charge < -0.3 is 9.47 Å². The summed E-state index contributed by atoms with van der Waals surface area (Å²) in [6.45, 7) is 0.887. The van der Waals surface area contributed by atoms with E-state index in [1.807, 2.05) is 35.0 Å². The van der Waals surface area contributed by atoms with E-state index in [2.05, 4.69) is 18.2 Å². The smallest absolute Gasteiger partial charge is 0.144 e. The molecule has 5 rings (SSSR count). The molecule has 1 atom stereocenters. The lowest BCUT2D eigenvalue weighted by Gasteiger charge is -2.17. The quantitative estimate of drug-likeness (QED) is 0.498. The van der Waals surface area contributed by atoms with Gasteiger partial charge in [-0.2, -0.15) is 5.10 Å².